The van der Waals surface area contributed by atoms with Gasteiger partial charge < -0.3 is 10.2 Å². The van der Waals surface area contributed by atoms with Gasteiger partial charge in [0.1, 0.15) is 11.1 Å². The molecule has 162 valence electrons. The highest BCUT2D eigenvalue weighted by Crippen LogP contribution is 2.37. The molecule has 1 saturated heterocycles. The number of non-ortho nitro benzene ring substituents is 1. The van der Waals surface area contributed by atoms with Gasteiger partial charge in [-0.25, -0.2) is 0 Å². The molecule has 1 fully saturated rings. The summed E-state index contributed by atoms with van der Waals surface area (Å²) in [5.41, 5.74) is 2.69. The minimum Gasteiger partial charge on any atom is -0.369 e. The number of hydrogen-bond acceptors (Lipinski definition) is 7. The van der Waals surface area contributed by atoms with Gasteiger partial charge in [0.25, 0.3) is 5.69 Å². The summed E-state index contributed by atoms with van der Waals surface area (Å²) < 4.78 is 0. The Bertz CT molecular complexity index is 1020. The van der Waals surface area contributed by atoms with Gasteiger partial charge in [0.05, 0.1) is 17.0 Å². The van der Waals surface area contributed by atoms with E-state index < -0.39 is 0 Å². The van der Waals surface area contributed by atoms with E-state index in [4.69, 9.17) is 0 Å². The summed E-state index contributed by atoms with van der Waals surface area (Å²) in [4.78, 5) is 28.7. The number of nitriles is 1. The molecule has 2 heterocycles. The molecular formula is C22H25N5O3S. The number of nitro benzene ring substituents is 1. The first-order valence-corrected chi connectivity index (χ1v) is 11.4. The van der Waals surface area contributed by atoms with Crippen molar-refractivity contribution in [3.05, 3.63) is 50.4 Å². The van der Waals surface area contributed by atoms with Crippen molar-refractivity contribution < 1.29 is 9.72 Å². The third kappa shape index (κ3) is 4.86. The zero-order chi connectivity index (χ0) is 21.8. The molecule has 1 N–H and O–H groups in total. The predicted octanol–water partition coefficient (Wildman–Crippen LogP) is 3.56. The number of hydrogen-bond donors (Lipinski definition) is 1. The zero-order valence-corrected chi connectivity index (χ0v) is 18.1. The molecule has 0 saturated carbocycles. The second-order valence-electron chi connectivity index (χ2n) is 7.97. The number of carbonyl (C=O) groups excluding carboxylic acids is 1. The number of carbonyl (C=O) groups is 1. The molecule has 0 atom stereocenters. The molecule has 1 aromatic carbocycles. The van der Waals surface area contributed by atoms with Crippen molar-refractivity contribution in [3.63, 3.8) is 0 Å². The maximum atomic E-state index is 12.7. The second-order valence-corrected chi connectivity index (χ2v) is 9.07. The van der Waals surface area contributed by atoms with Gasteiger partial charge in [-0.3, -0.25) is 19.8 Å². The smallest absolute Gasteiger partial charge is 0.271 e. The minimum absolute atomic E-state index is 0.0851. The highest BCUT2D eigenvalue weighted by Gasteiger charge is 2.23. The topological polar surface area (TPSA) is 103 Å². The average molecular weight is 440 g/mol. The molecule has 0 radical (unpaired) electrons. The van der Waals surface area contributed by atoms with E-state index >= 15 is 0 Å². The minimum atomic E-state index is -0.385. The van der Waals surface area contributed by atoms with E-state index in [2.05, 4.69) is 21.2 Å². The number of nitrogens with one attached hydrogen (secondary N) is 1. The van der Waals surface area contributed by atoms with Crippen molar-refractivity contribution in [2.24, 2.45) is 0 Å². The van der Waals surface area contributed by atoms with Crippen LogP contribution < -0.4 is 10.2 Å². The van der Waals surface area contributed by atoms with Crippen LogP contribution in [-0.2, 0) is 17.6 Å². The van der Waals surface area contributed by atoms with Gasteiger partial charge in [-0.1, -0.05) is 12.5 Å². The maximum Gasteiger partial charge on any atom is 0.271 e. The Labute approximate surface area is 185 Å². The summed E-state index contributed by atoms with van der Waals surface area (Å²) in [7, 11) is 0. The summed E-state index contributed by atoms with van der Waals surface area (Å²) in [5.74, 6) is -0.100. The van der Waals surface area contributed by atoms with E-state index in [0.29, 0.717) is 36.7 Å². The lowest BCUT2D eigenvalue weighted by molar-refractivity contribution is -0.384. The van der Waals surface area contributed by atoms with Crippen LogP contribution in [0.5, 0.6) is 0 Å². The number of amides is 1. The Kier molecular flexibility index (Phi) is 6.49. The van der Waals surface area contributed by atoms with E-state index in [1.807, 2.05) is 6.07 Å². The Morgan fingerprint density at radius 3 is 2.71 bits per heavy atom. The number of aryl methyl sites for hydroxylation is 1. The largest absolute Gasteiger partial charge is 0.369 e. The molecular weight excluding hydrogens is 414 g/mol. The van der Waals surface area contributed by atoms with Crippen LogP contribution in [0.3, 0.4) is 0 Å². The highest BCUT2D eigenvalue weighted by atomic mass is 32.1. The molecule has 2 aromatic rings. The predicted molar refractivity (Wildman–Crippen MR) is 121 cm³/mol. The molecule has 4 rings (SSSR count). The summed E-state index contributed by atoms with van der Waals surface area (Å²) in [6, 6.07) is 8.96. The highest BCUT2D eigenvalue weighted by molar-refractivity contribution is 7.16. The summed E-state index contributed by atoms with van der Waals surface area (Å²) >= 11 is 1.56. The van der Waals surface area contributed by atoms with Crippen LogP contribution in [0.2, 0.25) is 0 Å². The van der Waals surface area contributed by atoms with Crippen molar-refractivity contribution >= 4 is 33.6 Å². The van der Waals surface area contributed by atoms with Crippen LogP contribution in [-0.4, -0.2) is 48.5 Å². The fourth-order valence-electron chi connectivity index (χ4n) is 4.29. The number of benzene rings is 1. The summed E-state index contributed by atoms with van der Waals surface area (Å²) in [6.07, 6.45) is 5.34. The lowest BCUT2D eigenvalue weighted by Gasteiger charge is -2.35. The fourth-order valence-corrected chi connectivity index (χ4v) is 5.54. The van der Waals surface area contributed by atoms with Crippen molar-refractivity contribution in [2.75, 3.05) is 42.9 Å². The Balaban J connectivity index is 1.33. The van der Waals surface area contributed by atoms with Crippen LogP contribution in [0.15, 0.2) is 24.3 Å². The number of anilines is 2. The van der Waals surface area contributed by atoms with Gasteiger partial charge in [-0.15, -0.1) is 11.3 Å². The van der Waals surface area contributed by atoms with Crippen LogP contribution in [0.25, 0.3) is 0 Å². The van der Waals surface area contributed by atoms with E-state index in [0.717, 1.165) is 36.9 Å². The van der Waals surface area contributed by atoms with E-state index in [1.165, 1.54) is 17.4 Å². The van der Waals surface area contributed by atoms with Gasteiger partial charge in [0.2, 0.25) is 5.91 Å². The molecule has 31 heavy (non-hydrogen) atoms. The zero-order valence-electron chi connectivity index (χ0n) is 17.3. The fraction of sp³-hybridized carbons (Fsp3) is 0.455. The van der Waals surface area contributed by atoms with E-state index in [1.54, 1.807) is 23.5 Å². The van der Waals surface area contributed by atoms with Crippen molar-refractivity contribution in [3.8, 4) is 6.07 Å². The normalized spacial score (nSPS) is 16.8. The molecule has 0 unspecified atom stereocenters. The number of piperazine rings is 1. The van der Waals surface area contributed by atoms with Gasteiger partial charge in [0, 0.05) is 48.9 Å². The number of nitro groups is 1. The molecule has 9 heteroatoms. The number of thiophene rings is 1. The molecule has 1 aromatic heterocycles. The Morgan fingerprint density at radius 2 is 1.97 bits per heavy atom. The first kappa shape index (κ1) is 21.3. The molecule has 2 aliphatic rings. The van der Waals surface area contributed by atoms with E-state index in [9.17, 15) is 20.2 Å². The van der Waals surface area contributed by atoms with E-state index in [-0.39, 0.29) is 23.1 Å². The molecule has 0 bridgehead atoms. The van der Waals surface area contributed by atoms with Crippen LogP contribution in [0.1, 0.15) is 35.3 Å². The quantitative estimate of drug-likeness (QED) is 0.434. The van der Waals surface area contributed by atoms with Crippen molar-refractivity contribution in [1.29, 1.82) is 5.26 Å². The third-order valence-electron chi connectivity index (χ3n) is 5.93. The number of nitrogens with zero attached hydrogens (tertiary/aromatic N) is 4. The Hall–Kier alpha value is -2.96. The molecule has 1 aliphatic heterocycles. The lowest BCUT2D eigenvalue weighted by Crippen LogP contribution is -2.48. The Morgan fingerprint density at radius 1 is 1.19 bits per heavy atom. The first-order chi connectivity index (χ1) is 15.0. The number of fused-ring (bicyclic) bond motifs is 1. The van der Waals surface area contributed by atoms with Gasteiger partial charge in [0.15, 0.2) is 0 Å². The molecule has 1 amide bonds. The van der Waals surface area contributed by atoms with Crippen LogP contribution in [0.4, 0.5) is 16.4 Å². The second kappa shape index (κ2) is 9.45. The van der Waals surface area contributed by atoms with Crippen LogP contribution >= 0.6 is 11.3 Å². The van der Waals surface area contributed by atoms with Gasteiger partial charge in [-0.2, -0.15) is 5.26 Å². The first-order valence-electron chi connectivity index (χ1n) is 10.6. The van der Waals surface area contributed by atoms with Crippen molar-refractivity contribution in [2.45, 2.75) is 32.1 Å². The third-order valence-corrected chi connectivity index (χ3v) is 7.14. The SMILES string of the molecule is N#Cc1c(NC(=O)CN2CCN(c3cccc([N+](=O)[O-])c3)CC2)sc2c1CCCCC2. The average Bonchev–Trinajstić information content (AvgIpc) is 2.92. The maximum absolute atomic E-state index is 12.7. The van der Waals surface area contributed by atoms with Gasteiger partial charge in [-0.05, 0) is 37.3 Å². The molecule has 8 nitrogen and oxygen atoms in total. The summed E-state index contributed by atoms with van der Waals surface area (Å²) in [5, 5.41) is 24.3. The summed E-state index contributed by atoms with van der Waals surface area (Å²) in [6.45, 7) is 3.07. The van der Waals surface area contributed by atoms with Crippen molar-refractivity contribution in [1.82, 2.24) is 4.90 Å². The lowest BCUT2D eigenvalue weighted by atomic mass is 10.1. The monoisotopic (exact) mass is 439 g/mol. The van der Waals surface area contributed by atoms with Gasteiger partial charge >= 0.3 is 0 Å². The molecule has 1 aliphatic carbocycles. The molecule has 0 spiro atoms. The number of rotatable bonds is 5. The van der Waals surface area contributed by atoms with Crippen LogP contribution in [0, 0.1) is 21.4 Å². The standard InChI is InChI=1S/C22H25N5O3S/c23-14-19-18-7-2-1-3-8-20(18)31-22(19)24-21(28)15-25-9-11-26(12-10-25)16-5-4-6-17(13-16)27(29)30/h4-6,13H,1-3,7-12,15H2,(H,24,28).